The highest BCUT2D eigenvalue weighted by Crippen LogP contribution is 2.22. The van der Waals surface area contributed by atoms with Gasteiger partial charge >= 0.3 is 0 Å². The number of benzene rings is 2. The van der Waals surface area contributed by atoms with Crippen LogP contribution < -0.4 is 5.32 Å². The van der Waals surface area contributed by atoms with Crippen LogP contribution >= 0.6 is 23.2 Å². The third-order valence-corrected chi connectivity index (χ3v) is 6.68. The number of hydrogen-bond donors (Lipinski definition) is 1. The zero-order chi connectivity index (χ0) is 18.7. The summed E-state index contributed by atoms with van der Waals surface area (Å²) in [6.07, 6.45) is 0.697. The molecule has 8 heteroatoms. The molecule has 26 heavy (non-hydrogen) atoms. The summed E-state index contributed by atoms with van der Waals surface area (Å²) in [6, 6.07) is 12.4. The molecule has 0 radical (unpaired) electrons. The Hall–Kier alpha value is -1.60. The van der Waals surface area contributed by atoms with E-state index in [4.69, 9.17) is 23.2 Å². The van der Waals surface area contributed by atoms with Gasteiger partial charge in [-0.1, -0.05) is 47.5 Å². The first-order valence-corrected chi connectivity index (χ1v) is 10.5. The zero-order valence-electron chi connectivity index (χ0n) is 13.9. The Morgan fingerprint density at radius 2 is 1.85 bits per heavy atom. The maximum atomic E-state index is 12.6. The van der Waals surface area contributed by atoms with Gasteiger partial charge in [0.25, 0.3) is 5.91 Å². The van der Waals surface area contributed by atoms with Gasteiger partial charge < -0.3 is 5.32 Å². The van der Waals surface area contributed by atoms with E-state index in [-0.39, 0.29) is 22.9 Å². The van der Waals surface area contributed by atoms with Crippen molar-refractivity contribution in [2.75, 3.05) is 18.8 Å². The van der Waals surface area contributed by atoms with Crippen LogP contribution in [0.5, 0.6) is 0 Å². The van der Waals surface area contributed by atoms with Gasteiger partial charge in [-0.3, -0.25) is 4.79 Å². The summed E-state index contributed by atoms with van der Waals surface area (Å²) in [5, 5.41) is 3.26. The molecule has 0 spiro atoms. The van der Waals surface area contributed by atoms with E-state index in [1.165, 1.54) is 22.0 Å². The standard InChI is InChI=1S/C18H18Cl2N2O3S/c19-15-5-6-16(17(20)11-15)18(23)21-8-10-26(24,25)22-9-7-13-3-1-2-4-14(13)12-22/h1-6,11H,7-10,12H2,(H,21,23). The van der Waals surface area contributed by atoms with Gasteiger partial charge in [0, 0.05) is 24.7 Å². The van der Waals surface area contributed by atoms with Crippen LogP contribution in [0.1, 0.15) is 21.5 Å². The van der Waals surface area contributed by atoms with Crippen LogP contribution in [0.25, 0.3) is 0 Å². The Labute approximate surface area is 163 Å². The number of nitrogens with one attached hydrogen (secondary N) is 1. The van der Waals surface area contributed by atoms with E-state index < -0.39 is 15.9 Å². The largest absolute Gasteiger partial charge is 0.351 e. The quantitative estimate of drug-likeness (QED) is 0.819. The number of sulfonamides is 1. The van der Waals surface area contributed by atoms with E-state index in [1.54, 1.807) is 6.07 Å². The summed E-state index contributed by atoms with van der Waals surface area (Å²) in [4.78, 5) is 12.2. The first-order valence-electron chi connectivity index (χ1n) is 8.15. The minimum absolute atomic E-state index is 0.0122. The molecule has 0 fully saturated rings. The second kappa shape index (κ2) is 7.96. The van der Waals surface area contributed by atoms with E-state index in [2.05, 4.69) is 5.32 Å². The Balaban J connectivity index is 1.58. The fraction of sp³-hybridized carbons (Fsp3) is 0.278. The Morgan fingerprint density at radius 3 is 2.58 bits per heavy atom. The Bertz CT molecular complexity index is 932. The number of nitrogens with zero attached hydrogens (tertiary/aromatic N) is 1. The lowest BCUT2D eigenvalue weighted by Gasteiger charge is -2.28. The van der Waals surface area contributed by atoms with Gasteiger partial charge in [-0.25, -0.2) is 8.42 Å². The molecule has 3 rings (SSSR count). The number of carbonyl (C=O) groups excluding carboxylic acids is 1. The molecule has 0 saturated heterocycles. The molecule has 138 valence electrons. The van der Waals surface area contributed by atoms with Gasteiger partial charge in [-0.05, 0) is 35.7 Å². The zero-order valence-corrected chi connectivity index (χ0v) is 16.2. The van der Waals surface area contributed by atoms with E-state index in [9.17, 15) is 13.2 Å². The van der Waals surface area contributed by atoms with Crippen LogP contribution in [0, 0.1) is 0 Å². The number of fused-ring (bicyclic) bond motifs is 1. The molecule has 0 aromatic heterocycles. The molecule has 0 bridgehead atoms. The molecule has 0 saturated carbocycles. The first-order chi connectivity index (χ1) is 12.4. The number of amides is 1. The van der Waals surface area contributed by atoms with Gasteiger partial charge in [0.05, 0.1) is 16.3 Å². The normalized spacial score (nSPS) is 14.7. The second-order valence-corrected chi connectivity index (χ2v) is 8.98. The third-order valence-electron chi connectivity index (χ3n) is 4.31. The molecular formula is C18H18Cl2N2O3S. The van der Waals surface area contributed by atoms with Crippen molar-refractivity contribution in [3.05, 3.63) is 69.2 Å². The highest BCUT2D eigenvalue weighted by molar-refractivity contribution is 7.89. The number of rotatable bonds is 5. The molecule has 1 N–H and O–H groups in total. The van der Waals surface area contributed by atoms with E-state index in [0.29, 0.717) is 24.5 Å². The molecule has 1 aliphatic heterocycles. The molecule has 5 nitrogen and oxygen atoms in total. The van der Waals surface area contributed by atoms with E-state index in [1.807, 2.05) is 24.3 Å². The molecule has 1 amide bonds. The Kier molecular flexibility index (Phi) is 5.87. The molecule has 2 aromatic carbocycles. The van der Waals surface area contributed by atoms with Crippen molar-refractivity contribution in [1.29, 1.82) is 0 Å². The summed E-state index contributed by atoms with van der Waals surface area (Å²) in [5.74, 6) is -0.586. The highest BCUT2D eigenvalue weighted by atomic mass is 35.5. The van der Waals surface area contributed by atoms with Crippen LogP contribution in [0.4, 0.5) is 0 Å². The molecule has 0 aliphatic carbocycles. The number of hydrogen-bond acceptors (Lipinski definition) is 3. The van der Waals surface area contributed by atoms with Crippen molar-refractivity contribution in [2.24, 2.45) is 0 Å². The lowest BCUT2D eigenvalue weighted by molar-refractivity contribution is 0.0956. The summed E-state index contributed by atoms with van der Waals surface area (Å²) in [5.41, 5.74) is 2.48. The SMILES string of the molecule is O=C(NCCS(=O)(=O)N1CCc2ccccc2C1)c1ccc(Cl)cc1Cl. The molecular weight excluding hydrogens is 395 g/mol. The fourth-order valence-electron chi connectivity index (χ4n) is 2.90. The van der Waals surface area contributed by atoms with Gasteiger partial charge in [0.1, 0.15) is 0 Å². The molecule has 1 heterocycles. The first kappa shape index (κ1) is 19.2. The van der Waals surface area contributed by atoms with Crippen LogP contribution in [0.2, 0.25) is 10.0 Å². The monoisotopic (exact) mass is 412 g/mol. The predicted octanol–water partition coefficient (Wildman–Crippen LogP) is 3.11. The summed E-state index contributed by atoms with van der Waals surface area (Å²) >= 11 is 11.8. The minimum Gasteiger partial charge on any atom is -0.351 e. The maximum absolute atomic E-state index is 12.6. The smallest absolute Gasteiger partial charge is 0.252 e. The summed E-state index contributed by atoms with van der Waals surface area (Å²) in [7, 11) is -3.46. The van der Waals surface area contributed by atoms with Crippen molar-refractivity contribution in [3.63, 3.8) is 0 Å². The van der Waals surface area contributed by atoms with Crippen LogP contribution in [-0.2, 0) is 23.0 Å². The van der Waals surface area contributed by atoms with E-state index >= 15 is 0 Å². The molecule has 0 atom stereocenters. The van der Waals surface area contributed by atoms with Crippen LogP contribution in [0.3, 0.4) is 0 Å². The van der Waals surface area contributed by atoms with Crippen molar-refractivity contribution in [3.8, 4) is 0 Å². The third kappa shape index (κ3) is 4.38. The molecule has 1 aliphatic rings. The summed E-state index contributed by atoms with van der Waals surface area (Å²) < 4.78 is 26.6. The van der Waals surface area contributed by atoms with Gasteiger partial charge in [-0.2, -0.15) is 4.31 Å². The van der Waals surface area contributed by atoms with Crippen molar-refractivity contribution < 1.29 is 13.2 Å². The lowest BCUT2D eigenvalue weighted by Crippen LogP contribution is -2.40. The lowest BCUT2D eigenvalue weighted by atomic mass is 10.0. The molecule has 0 unspecified atom stereocenters. The second-order valence-electron chi connectivity index (χ2n) is 6.05. The average molecular weight is 413 g/mol. The van der Waals surface area contributed by atoms with Gasteiger partial charge in [0.15, 0.2) is 0 Å². The molecule has 2 aromatic rings. The topological polar surface area (TPSA) is 66.5 Å². The average Bonchev–Trinajstić information content (AvgIpc) is 2.61. The van der Waals surface area contributed by atoms with Crippen LogP contribution in [0.15, 0.2) is 42.5 Å². The van der Waals surface area contributed by atoms with Gasteiger partial charge in [-0.15, -0.1) is 0 Å². The number of halogens is 2. The van der Waals surface area contributed by atoms with Crippen molar-refractivity contribution >= 4 is 39.1 Å². The minimum atomic E-state index is -3.46. The highest BCUT2D eigenvalue weighted by Gasteiger charge is 2.26. The van der Waals surface area contributed by atoms with Crippen molar-refractivity contribution in [1.82, 2.24) is 9.62 Å². The van der Waals surface area contributed by atoms with Crippen LogP contribution in [-0.4, -0.2) is 37.5 Å². The van der Waals surface area contributed by atoms with Gasteiger partial charge in [0.2, 0.25) is 10.0 Å². The number of carbonyl (C=O) groups is 1. The maximum Gasteiger partial charge on any atom is 0.252 e. The summed E-state index contributed by atoms with van der Waals surface area (Å²) in [6.45, 7) is 0.837. The van der Waals surface area contributed by atoms with Crippen molar-refractivity contribution in [2.45, 2.75) is 13.0 Å². The van der Waals surface area contributed by atoms with E-state index in [0.717, 1.165) is 5.56 Å². The fourth-order valence-corrected chi connectivity index (χ4v) is 4.72. The predicted molar refractivity (Wildman–Crippen MR) is 103 cm³/mol. The Morgan fingerprint density at radius 1 is 1.12 bits per heavy atom.